The van der Waals surface area contributed by atoms with Crippen molar-refractivity contribution in [1.29, 1.82) is 5.26 Å². The van der Waals surface area contributed by atoms with Gasteiger partial charge in [-0.1, -0.05) is 54.1 Å². The van der Waals surface area contributed by atoms with Gasteiger partial charge in [-0.2, -0.15) is 5.26 Å². The van der Waals surface area contributed by atoms with Crippen LogP contribution in [0, 0.1) is 11.3 Å². The summed E-state index contributed by atoms with van der Waals surface area (Å²) in [7, 11) is 0. The first-order valence-corrected chi connectivity index (χ1v) is 7.53. The van der Waals surface area contributed by atoms with Crippen molar-refractivity contribution < 1.29 is 0 Å². The van der Waals surface area contributed by atoms with Gasteiger partial charge in [-0.25, -0.2) is 0 Å². The van der Waals surface area contributed by atoms with Crippen LogP contribution in [0.3, 0.4) is 0 Å². The van der Waals surface area contributed by atoms with Crippen molar-refractivity contribution in [1.82, 2.24) is 4.98 Å². The van der Waals surface area contributed by atoms with Gasteiger partial charge in [0.1, 0.15) is 6.07 Å². The summed E-state index contributed by atoms with van der Waals surface area (Å²) in [4.78, 5) is 4.07. The average Bonchev–Trinajstić information content (AvgIpc) is 2.62. The topological polar surface area (TPSA) is 36.7 Å². The summed E-state index contributed by atoms with van der Waals surface area (Å²) < 4.78 is 0. The highest BCUT2D eigenvalue weighted by Crippen LogP contribution is 2.32. The summed E-state index contributed by atoms with van der Waals surface area (Å²) in [6.07, 6.45) is 3.46. The second-order valence-corrected chi connectivity index (χ2v) is 5.41. The third kappa shape index (κ3) is 3.31. The lowest BCUT2D eigenvalue weighted by molar-refractivity contribution is 1.31. The number of nitriles is 1. The number of hydrogen-bond donors (Lipinski definition) is 0. The lowest BCUT2D eigenvalue weighted by Crippen LogP contribution is -1.94. The third-order valence-corrected chi connectivity index (χ3v) is 3.78. The Labute approximate surface area is 140 Å². The molecule has 0 N–H and O–H groups in total. The Bertz CT molecular complexity index is 820. The maximum Gasteiger partial charge on any atom is 0.100 e. The summed E-state index contributed by atoms with van der Waals surface area (Å²) in [5, 5.41) is 10.4. The summed E-state index contributed by atoms with van der Waals surface area (Å²) in [6, 6.07) is 23.4. The molecule has 3 heteroatoms. The standard InChI is InChI=1S/C20H13ClN2/c21-18-8-6-15(7-9-18)19(14-22)20(16-4-2-1-3-5-16)17-10-12-23-13-11-17/h1-13H. The molecule has 0 radical (unpaired) electrons. The predicted octanol–water partition coefficient (Wildman–Crippen LogP) is 5.22. The summed E-state index contributed by atoms with van der Waals surface area (Å²) in [5.74, 6) is 0. The number of rotatable bonds is 3. The molecule has 0 saturated carbocycles. The van der Waals surface area contributed by atoms with Crippen LogP contribution >= 0.6 is 11.6 Å². The van der Waals surface area contributed by atoms with Gasteiger partial charge in [0.05, 0.1) is 5.57 Å². The number of allylic oxidation sites excluding steroid dienone is 1. The van der Waals surface area contributed by atoms with Gasteiger partial charge >= 0.3 is 0 Å². The highest BCUT2D eigenvalue weighted by molar-refractivity contribution is 6.30. The Balaban J connectivity index is 2.28. The Morgan fingerprint density at radius 1 is 0.783 bits per heavy atom. The van der Waals surface area contributed by atoms with E-state index in [1.807, 2.05) is 54.6 Å². The highest BCUT2D eigenvalue weighted by atomic mass is 35.5. The Morgan fingerprint density at radius 2 is 1.39 bits per heavy atom. The third-order valence-electron chi connectivity index (χ3n) is 3.53. The van der Waals surface area contributed by atoms with Crippen molar-refractivity contribution >= 4 is 22.7 Å². The van der Waals surface area contributed by atoms with Crippen molar-refractivity contribution in [3.63, 3.8) is 0 Å². The zero-order chi connectivity index (χ0) is 16.1. The number of nitrogens with zero attached hydrogens (tertiary/aromatic N) is 2. The van der Waals surface area contributed by atoms with Gasteiger partial charge in [-0.3, -0.25) is 4.98 Å². The minimum atomic E-state index is 0.610. The molecule has 0 saturated heterocycles. The average molecular weight is 317 g/mol. The van der Waals surface area contributed by atoms with Gasteiger partial charge in [-0.05, 0) is 41.0 Å². The smallest absolute Gasteiger partial charge is 0.100 e. The quantitative estimate of drug-likeness (QED) is 0.491. The van der Waals surface area contributed by atoms with E-state index in [2.05, 4.69) is 11.1 Å². The van der Waals surface area contributed by atoms with Crippen LogP contribution in [0.5, 0.6) is 0 Å². The van der Waals surface area contributed by atoms with Gasteiger partial charge in [0.25, 0.3) is 0 Å². The molecule has 0 aliphatic heterocycles. The normalized spacial score (nSPS) is 11.5. The first-order valence-electron chi connectivity index (χ1n) is 7.16. The number of benzene rings is 2. The molecule has 0 fully saturated rings. The molecular weight excluding hydrogens is 304 g/mol. The molecule has 0 spiro atoms. The van der Waals surface area contributed by atoms with Crippen molar-refractivity contribution in [3.8, 4) is 6.07 Å². The first-order chi connectivity index (χ1) is 11.3. The van der Waals surface area contributed by atoms with E-state index in [1.165, 1.54) is 0 Å². The van der Waals surface area contributed by atoms with E-state index in [9.17, 15) is 5.26 Å². The van der Waals surface area contributed by atoms with E-state index in [0.29, 0.717) is 10.6 Å². The highest BCUT2D eigenvalue weighted by Gasteiger charge is 2.13. The van der Waals surface area contributed by atoms with Crippen LogP contribution in [0.2, 0.25) is 5.02 Å². The van der Waals surface area contributed by atoms with E-state index in [4.69, 9.17) is 11.6 Å². The molecule has 1 aromatic heterocycles. The fourth-order valence-corrected chi connectivity index (χ4v) is 2.59. The van der Waals surface area contributed by atoms with Crippen molar-refractivity contribution in [2.24, 2.45) is 0 Å². The molecule has 3 aromatic rings. The Kier molecular flexibility index (Phi) is 4.52. The summed E-state index contributed by atoms with van der Waals surface area (Å²) >= 11 is 5.97. The zero-order valence-corrected chi connectivity index (χ0v) is 13.0. The monoisotopic (exact) mass is 316 g/mol. The second kappa shape index (κ2) is 6.91. The molecular formula is C20H13ClN2. The van der Waals surface area contributed by atoms with Crippen molar-refractivity contribution in [2.45, 2.75) is 0 Å². The molecule has 0 atom stereocenters. The summed E-state index contributed by atoms with van der Waals surface area (Å²) in [5.41, 5.74) is 4.28. The van der Waals surface area contributed by atoms with Gasteiger partial charge in [0, 0.05) is 23.0 Å². The molecule has 0 unspecified atom stereocenters. The van der Waals surface area contributed by atoms with E-state index >= 15 is 0 Å². The molecule has 110 valence electrons. The number of aromatic nitrogens is 1. The number of pyridine rings is 1. The molecule has 0 aliphatic carbocycles. The lowest BCUT2D eigenvalue weighted by Gasteiger charge is -2.12. The molecule has 0 amide bonds. The van der Waals surface area contributed by atoms with Gasteiger partial charge in [0.2, 0.25) is 0 Å². The Hall–Kier alpha value is -2.89. The van der Waals surface area contributed by atoms with Crippen LogP contribution < -0.4 is 0 Å². The van der Waals surface area contributed by atoms with Crippen molar-refractivity contribution in [3.05, 3.63) is 101 Å². The molecule has 0 bridgehead atoms. The molecule has 23 heavy (non-hydrogen) atoms. The van der Waals surface area contributed by atoms with Gasteiger partial charge < -0.3 is 0 Å². The van der Waals surface area contributed by atoms with Crippen LogP contribution in [0.4, 0.5) is 0 Å². The van der Waals surface area contributed by atoms with Gasteiger partial charge in [-0.15, -0.1) is 0 Å². The number of hydrogen-bond acceptors (Lipinski definition) is 2. The van der Waals surface area contributed by atoms with E-state index in [-0.39, 0.29) is 0 Å². The van der Waals surface area contributed by atoms with Gasteiger partial charge in [0.15, 0.2) is 0 Å². The lowest BCUT2D eigenvalue weighted by atomic mass is 9.91. The molecule has 3 rings (SSSR count). The summed E-state index contributed by atoms with van der Waals surface area (Å²) in [6.45, 7) is 0. The first kappa shape index (κ1) is 15.0. The van der Waals surface area contributed by atoms with Crippen LogP contribution in [0.15, 0.2) is 79.1 Å². The molecule has 2 nitrogen and oxygen atoms in total. The fourth-order valence-electron chi connectivity index (χ4n) is 2.46. The molecule has 2 aromatic carbocycles. The van der Waals surface area contributed by atoms with E-state index in [1.54, 1.807) is 24.5 Å². The van der Waals surface area contributed by atoms with Crippen molar-refractivity contribution in [2.75, 3.05) is 0 Å². The second-order valence-electron chi connectivity index (χ2n) is 4.97. The van der Waals surface area contributed by atoms with Crippen LogP contribution in [0.25, 0.3) is 11.1 Å². The molecule has 1 heterocycles. The Morgan fingerprint density at radius 3 is 2.00 bits per heavy atom. The minimum absolute atomic E-state index is 0.610. The largest absolute Gasteiger partial charge is 0.265 e. The van der Waals surface area contributed by atoms with E-state index < -0.39 is 0 Å². The predicted molar refractivity (Wildman–Crippen MR) is 93.7 cm³/mol. The van der Waals surface area contributed by atoms with Crippen LogP contribution in [-0.4, -0.2) is 4.98 Å². The SMILES string of the molecule is N#CC(=C(c1ccccc1)c1ccncc1)c1ccc(Cl)cc1. The fraction of sp³-hybridized carbons (Fsp3) is 0. The zero-order valence-electron chi connectivity index (χ0n) is 12.3. The maximum atomic E-state index is 9.79. The van der Waals surface area contributed by atoms with Crippen LogP contribution in [0.1, 0.15) is 16.7 Å². The van der Waals surface area contributed by atoms with Crippen LogP contribution in [-0.2, 0) is 0 Å². The number of halogens is 1. The van der Waals surface area contributed by atoms with E-state index in [0.717, 1.165) is 22.3 Å². The maximum absolute atomic E-state index is 9.79. The minimum Gasteiger partial charge on any atom is -0.265 e. The molecule has 0 aliphatic rings.